The van der Waals surface area contributed by atoms with Crippen LogP contribution in [0, 0.1) is 5.92 Å². The van der Waals surface area contributed by atoms with E-state index < -0.39 is 10.0 Å². The maximum atomic E-state index is 11.6. The third-order valence-electron chi connectivity index (χ3n) is 2.19. The van der Waals surface area contributed by atoms with Gasteiger partial charge in [-0.3, -0.25) is 5.10 Å². The van der Waals surface area contributed by atoms with E-state index in [1.54, 1.807) is 0 Å². The number of aromatic nitrogens is 2. The van der Waals surface area contributed by atoms with Gasteiger partial charge in [-0.1, -0.05) is 22.9 Å². The average Bonchev–Trinajstić information content (AvgIpc) is 2.78. The molecule has 0 saturated carbocycles. The minimum absolute atomic E-state index is 0.112. The summed E-state index contributed by atoms with van der Waals surface area (Å²) < 4.78 is 25.8. The number of hydrogen-bond donors (Lipinski definition) is 2. The van der Waals surface area contributed by atoms with E-state index in [1.165, 1.54) is 12.3 Å². The molecule has 1 aromatic rings. The molecule has 1 unspecified atom stereocenters. The minimum atomic E-state index is -3.40. The summed E-state index contributed by atoms with van der Waals surface area (Å²) in [6.45, 7) is 2.58. The van der Waals surface area contributed by atoms with Crippen molar-refractivity contribution in [3.63, 3.8) is 0 Å². The van der Waals surface area contributed by atoms with E-state index in [0.29, 0.717) is 12.5 Å². The molecule has 0 bridgehead atoms. The van der Waals surface area contributed by atoms with Crippen LogP contribution in [0.2, 0.25) is 0 Å². The minimum Gasteiger partial charge on any atom is -0.266 e. The maximum Gasteiger partial charge on any atom is 0.257 e. The fraction of sp³-hybridized carbons (Fsp3) is 0.667. The molecule has 0 spiro atoms. The SMILES string of the molecule is CC(CBr)CCCNS(=O)(=O)c1ccn[nH]1. The van der Waals surface area contributed by atoms with Gasteiger partial charge in [0.2, 0.25) is 0 Å². The first-order chi connectivity index (χ1) is 7.56. The number of H-pyrrole nitrogens is 1. The highest BCUT2D eigenvalue weighted by molar-refractivity contribution is 9.09. The zero-order chi connectivity index (χ0) is 12.0. The number of sulfonamides is 1. The molecule has 0 amide bonds. The number of halogens is 1. The van der Waals surface area contributed by atoms with Crippen LogP contribution in [0.4, 0.5) is 0 Å². The quantitative estimate of drug-likeness (QED) is 0.592. The summed E-state index contributed by atoms with van der Waals surface area (Å²) in [4.78, 5) is 0. The molecule has 0 saturated heterocycles. The Morgan fingerprint density at radius 3 is 2.94 bits per heavy atom. The van der Waals surface area contributed by atoms with Crippen LogP contribution in [0.25, 0.3) is 0 Å². The zero-order valence-corrected chi connectivity index (χ0v) is 11.5. The second-order valence-electron chi connectivity index (χ2n) is 3.72. The molecular weight excluding hydrogens is 294 g/mol. The van der Waals surface area contributed by atoms with Crippen molar-refractivity contribution in [1.82, 2.24) is 14.9 Å². The predicted octanol–water partition coefficient (Wildman–Crippen LogP) is 1.50. The molecule has 1 heterocycles. The highest BCUT2D eigenvalue weighted by Gasteiger charge is 2.14. The summed E-state index contributed by atoms with van der Waals surface area (Å²) in [7, 11) is -3.40. The summed E-state index contributed by atoms with van der Waals surface area (Å²) >= 11 is 3.39. The smallest absolute Gasteiger partial charge is 0.257 e. The van der Waals surface area contributed by atoms with Crippen LogP contribution in [0.15, 0.2) is 17.3 Å². The van der Waals surface area contributed by atoms with E-state index in [1.807, 2.05) is 0 Å². The Balaban J connectivity index is 2.33. The van der Waals surface area contributed by atoms with Gasteiger partial charge >= 0.3 is 0 Å². The first-order valence-corrected chi connectivity index (χ1v) is 7.71. The van der Waals surface area contributed by atoms with Gasteiger partial charge in [-0.05, 0) is 24.8 Å². The first-order valence-electron chi connectivity index (χ1n) is 5.11. The lowest BCUT2D eigenvalue weighted by Gasteiger charge is -2.07. The Morgan fingerprint density at radius 1 is 1.62 bits per heavy atom. The summed E-state index contributed by atoms with van der Waals surface area (Å²) in [5, 5.41) is 7.09. The Bertz CT molecular complexity index is 391. The topological polar surface area (TPSA) is 74.8 Å². The van der Waals surface area contributed by atoms with Gasteiger partial charge < -0.3 is 0 Å². The molecule has 0 aliphatic carbocycles. The van der Waals surface area contributed by atoms with Crippen molar-refractivity contribution in [1.29, 1.82) is 0 Å². The molecule has 2 N–H and O–H groups in total. The van der Waals surface area contributed by atoms with Crippen molar-refractivity contribution in [2.45, 2.75) is 24.8 Å². The molecule has 1 rings (SSSR count). The number of hydrogen-bond acceptors (Lipinski definition) is 3. The average molecular weight is 310 g/mol. The van der Waals surface area contributed by atoms with Gasteiger partial charge in [0, 0.05) is 11.9 Å². The number of nitrogens with zero attached hydrogens (tertiary/aromatic N) is 1. The van der Waals surface area contributed by atoms with Crippen molar-refractivity contribution in [3.8, 4) is 0 Å². The molecule has 0 aliphatic rings. The molecule has 0 fully saturated rings. The number of aromatic amines is 1. The van der Waals surface area contributed by atoms with Crippen LogP contribution in [0.3, 0.4) is 0 Å². The highest BCUT2D eigenvalue weighted by atomic mass is 79.9. The van der Waals surface area contributed by atoms with Crippen molar-refractivity contribution in [2.24, 2.45) is 5.92 Å². The summed E-state index contributed by atoms with van der Waals surface area (Å²) in [6.07, 6.45) is 3.25. The Hall–Kier alpha value is -0.400. The molecule has 1 aromatic heterocycles. The van der Waals surface area contributed by atoms with Crippen molar-refractivity contribution in [3.05, 3.63) is 12.3 Å². The maximum absolute atomic E-state index is 11.6. The third kappa shape index (κ3) is 4.23. The number of nitrogens with one attached hydrogen (secondary N) is 2. The molecule has 16 heavy (non-hydrogen) atoms. The van der Waals surface area contributed by atoms with Crippen LogP contribution in [0.1, 0.15) is 19.8 Å². The van der Waals surface area contributed by atoms with E-state index in [4.69, 9.17) is 0 Å². The van der Waals surface area contributed by atoms with Gasteiger partial charge in [-0.15, -0.1) is 0 Å². The lowest BCUT2D eigenvalue weighted by atomic mass is 10.1. The molecule has 92 valence electrons. The third-order valence-corrected chi connectivity index (χ3v) is 4.69. The van der Waals surface area contributed by atoms with Crippen molar-refractivity contribution in [2.75, 3.05) is 11.9 Å². The molecule has 7 heteroatoms. The Kier molecular flexibility index (Phi) is 5.43. The van der Waals surface area contributed by atoms with Gasteiger partial charge in [0.05, 0.1) is 6.20 Å². The molecular formula is C9H16BrN3O2S. The van der Waals surface area contributed by atoms with Crippen LogP contribution in [0.5, 0.6) is 0 Å². The molecule has 0 aliphatic heterocycles. The van der Waals surface area contributed by atoms with E-state index >= 15 is 0 Å². The lowest BCUT2D eigenvalue weighted by Crippen LogP contribution is -2.25. The van der Waals surface area contributed by atoms with Crippen LogP contribution in [-0.4, -0.2) is 30.5 Å². The molecule has 0 aromatic carbocycles. The van der Waals surface area contributed by atoms with E-state index in [2.05, 4.69) is 37.8 Å². The fourth-order valence-corrected chi connectivity index (χ4v) is 2.51. The Labute approximate surface area is 104 Å². The zero-order valence-electron chi connectivity index (χ0n) is 9.11. The summed E-state index contributed by atoms with van der Waals surface area (Å²) in [5.74, 6) is 0.566. The highest BCUT2D eigenvalue weighted by Crippen LogP contribution is 2.08. The summed E-state index contributed by atoms with van der Waals surface area (Å²) in [5.41, 5.74) is 0. The summed E-state index contributed by atoms with van der Waals surface area (Å²) in [6, 6.07) is 1.43. The van der Waals surface area contributed by atoms with E-state index in [0.717, 1.165) is 18.2 Å². The molecule has 1 atom stereocenters. The largest absolute Gasteiger partial charge is 0.266 e. The fourth-order valence-electron chi connectivity index (χ4n) is 1.20. The normalized spacial score (nSPS) is 13.9. The van der Waals surface area contributed by atoms with Crippen LogP contribution in [-0.2, 0) is 10.0 Å². The van der Waals surface area contributed by atoms with Gasteiger partial charge in [-0.2, -0.15) is 5.10 Å². The van der Waals surface area contributed by atoms with Gasteiger partial charge in [0.15, 0.2) is 5.03 Å². The molecule has 5 nitrogen and oxygen atoms in total. The van der Waals surface area contributed by atoms with Gasteiger partial charge in [0.1, 0.15) is 0 Å². The monoisotopic (exact) mass is 309 g/mol. The predicted molar refractivity (Wildman–Crippen MR) is 66.0 cm³/mol. The van der Waals surface area contributed by atoms with E-state index in [9.17, 15) is 8.42 Å². The van der Waals surface area contributed by atoms with Crippen LogP contribution < -0.4 is 4.72 Å². The van der Waals surface area contributed by atoms with Gasteiger partial charge in [0.25, 0.3) is 10.0 Å². The van der Waals surface area contributed by atoms with E-state index in [-0.39, 0.29) is 5.03 Å². The number of rotatable bonds is 7. The first kappa shape index (κ1) is 13.7. The standard InChI is InChI=1S/C9H16BrN3O2S/c1-8(7-10)3-2-5-12-16(14,15)9-4-6-11-13-9/h4,6,8,12H,2-3,5,7H2,1H3,(H,11,13). The van der Waals surface area contributed by atoms with Crippen molar-refractivity contribution < 1.29 is 8.42 Å². The second kappa shape index (κ2) is 6.36. The molecule has 0 radical (unpaired) electrons. The Morgan fingerprint density at radius 2 is 2.38 bits per heavy atom. The second-order valence-corrected chi connectivity index (χ2v) is 6.10. The number of alkyl halides is 1. The van der Waals surface area contributed by atoms with Gasteiger partial charge in [-0.25, -0.2) is 13.1 Å². The van der Waals surface area contributed by atoms with Crippen LogP contribution >= 0.6 is 15.9 Å². The lowest BCUT2D eigenvalue weighted by molar-refractivity contribution is 0.545. The van der Waals surface area contributed by atoms with Crippen molar-refractivity contribution >= 4 is 26.0 Å².